The molecule has 0 amide bonds. The Bertz CT molecular complexity index is 865. The number of rotatable bonds is 6. The number of ether oxygens (including phenoxy) is 1. The minimum absolute atomic E-state index is 0.0568. The molecule has 1 aromatic carbocycles. The molecule has 0 aliphatic heterocycles. The van der Waals surface area contributed by atoms with E-state index in [1.54, 1.807) is 36.6 Å². The van der Waals surface area contributed by atoms with E-state index in [9.17, 15) is 0 Å². The summed E-state index contributed by atoms with van der Waals surface area (Å²) in [7, 11) is 3.09. The van der Waals surface area contributed by atoms with Gasteiger partial charge in [-0.3, -0.25) is 0 Å². The highest BCUT2D eigenvalue weighted by atomic mass is 35.5. The number of amidine groups is 1. The van der Waals surface area contributed by atoms with E-state index in [2.05, 4.69) is 32.9 Å². The molecule has 2 aromatic rings. The summed E-state index contributed by atoms with van der Waals surface area (Å²) >= 11 is 7.74. The van der Waals surface area contributed by atoms with Crippen molar-refractivity contribution >= 4 is 28.8 Å². The van der Waals surface area contributed by atoms with Crippen LogP contribution in [0.3, 0.4) is 0 Å². The first-order valence-electron chi connectivity index (χ1n) is 8.88. The fourth-order valence-corrected chi connectivity index (χ4v) is 3.47. The topological polar surface area (TPSA) is 61.0 Å². The third-order valence-corrected chi connectivity index (χ3v) is 5.37. The van der Waals surface area contributed by atoms with Crippen LogP contribution in [0.1, 0.15) is 51.1 Å². The molecule has 0 aliphatic carbocycles. The van der Waals surface area contributed by atoms with Crippen molar-refractivity contribution in [1.82, 2.24) is 9.78 Å². The number of methoxy groups -OCH3 is 1. The Labute approximate surface area is 169 Å². The van der Waals surface area contributed by atoms with Gasteiger partial charge in [-0.15, -0.1) is 0 Å². The third-order valence-electron chi connectivity index (χ3n) is 3.77. The Balaban J connectivity index is 2.63. The molecule has 8 heteroatoms. The Hall–Kier alpha value is -1.86. The van der Waals surface area contributed by atoms with E-state index >= 15 is 0 Å². The van der Waals surface area contributed by atoms with Gasteiger partial charge in [-0.25, -0.2) is 4.68 Å². The molecule has 27 heavy (non-hydrogen) atoms. The molecular weight excluding hydrogens is 384 g/mol. The average Bonchev–Trinajstić information content (AvgIpc) is 3.02. The number of aromatic nitrogens is 2. The van der Waals surface area contributed by atoms with E-state index in [0.29, 0.717) is 22.2 Å². The van der Waals surface area contributed by atoms with Gasteiger partial charge in [0, 0.05) is 17.0 Å². The molecule has 0 atom stereocenters. The summed E-state index contributed by atoms with van der Waals surface area (Å²) in [5.74, 6) is 1.02. The average molecular weight is 411 g/mol. The van der Waals surface area contributed by atoms with Crippen LogP contribution >= 0.6 is 22.9 Å². The van der Waals surface area contributed by atoms with Crippen LogP contribution in [0, 0.1) is 0 Å². The molecule has 1 heterocycles. The number of aryl methyl sites for hydroxylation is 1. The van der Waals surface area contributed by atoms with E-state index in [1.165, 1.54) is 7.11 Å². The molecule has 0 unspecified atom stereocenters. The van der Waals surface area contributed by atoms with E-state index in [0.717, 1.165) is 29.2 Å². The standard InChI is InChI=1S/C19H27ClN4O2S/c1-7-8-11-24-18(27-17(22-24)19(2,3)4)21-16(23-26-6)14-12-13(20)9-10-15(14)25-5/h9-10,12H,7-8,11H2,1-6H3. The molecule has 2 rings (SSSR count). The molecular formula is C19H27ClN4O2S. The first-order chi connectivity index (χ1) is 12.8. The van der Waals surface area contributed by atoms with Crippen molar-refractivity contribution in [2.24, 2.45) is 10.1 Å². The normalized spacial score (nSPS) is 13.1. The Kier molecular flexibility index (Phi) is 7.44. The Morgan fingerprint density at radius 3 is 2.63 bits per heavy atom. The van der Waals surface area contributed by atoms with E-state index < -0.39 is 0 Å². The van der Waals surface area contributed by atoms with Crippen molar-refractivity contribution in [1.29, 1.82) is 0 Å². The van der Waals surface area contributed by atoms with Gasteiger partial charge in [0.25, 0.3) is 0 Å². The Morgan fingerprint density at radius 2 is 2.04 bits per heavy atom. The van der Waals surface area contributed by atoms with Crippen LogP contribution in [-0.4, -0.2) is 29.8 Å². The van der Waals surface area contributed by atoms with E-state index in [1.807, 2.05) is 4.68 Å². The molecule has 0 spiro atoms. The number of benzene rings is 1. The van der Waals surface area contributed by atoms with E-state index in [-0.39, 0.29) is 5.41 Å². The molecule has 0 radical (unpaired) electrons. The zero-order chi connectivity index (χ0) is 20.0. The first-order valence-corrected chi connectivity index (χ1v) is 10.1. The van der Waals surface area contributed by atoms with Crippen LogP contribution in [0.15, 0.2) is 28.3 Å². The number of unbranched alkanes of at least 4 members (excludes halogenated alkanes) is 1. The lowest BCUT2D eigenvalue weighted by molar-refractivity contribution is 0.213. The highest BCUT2D eigenvalue weighted by Gasteiger charge is 2.20. The predicted octanol–water partition coefficient (Wildman–Crippen LogP) is 4.61. The van der Waals surface area contributed by atoms with Gasteiger partial charge in [-0.1, -0.05) is 62.2 Å². The molecule has 1 aromatic heterocycles. The second-order valence-electron chi connectivity index (χ2n) is 7.07. The molecule has 0 saturated carbocycles. The van der Waals surface area contributed by atoms with Crippen LogP contribution < -0.4 is 9.54 Å². The minimum atomic E-state index is -0.0568. The SMILES string of the molecule is CCCCn1nc(C(C)(C)C)sc1=NC(=NOC)c1cc(Cl)ccc1OC. The van der Waals surface area contributed by atoms with Gasteiger partial charge in [-0.2, -0.15) is 10.1 Å². The highest BCUT2D eigenvalue weighted by Crippen LogP contribution is 2.25. The summed E-state index contributed by atoms with van der Waals surface area (Å²) < 4.78 is 7.39. The smallest absolute Gasteiger partial charge is 0.209 e. The van der Waals surface area contributed by atoms with Gasteiger partial charge in [0.2, 0.25) is 10.6 Å². The quantitative estimate of drug-likeness (QED) is 0.396. The fourth-order valence-electron chi connectivity index (χ4n) is 2.31. The maximum atomic E-state index is 6.18. The summed E-state index contributed by atoms with van der Waals surface area (Å²) in [4.78, 5) is 10.6. The number of hydrogen-bond donors (Lipinski definition) is 0. The van der Waals surface area contributed by atoms with Crippen molar-refractivity contribution in [3.05, 3.63) is 38.6 Å². The van der Waals surface area contributed by atoms with Crippen LogP contribution in [-0.2, 0) is 16.8 Å². The summed E-state index contributed by atoms with van der Waals surface area (Å²) in [6.45, 7) is 9.38. The van der Waals surface area contributed by atoms with Gasteiger partial charge in [0.15, 0.2) is 0 Å². The number of oxime groups is 1. The van der Waals surface area contributed by atoms with Crippen molar-refractivity contribution in [3.8, 4) is 5.75 Å². The summed E-state index contributed by atoms with van der Waals surface area (Å²) in [5.41, 5.74) is 0.609. The van der Waals surface area contributed by atoms with Crippen LogP contribution in [0.25, 0.3) is 0 Å². The van der Waals surface area contributed by atoms with Crippen molar-refractivity contribution in [2.75, 3.05) is 14.2 Å². The largest absolute Gasteiger partial charge is 0.496 e. The maximum Gasteiger partial charge on any atom is 0.209 e. The third kappa shape index (κ3) is 5.56. The van der Waals surface area contributed by atoms with Gasteiger partial charge in [0.05, 0.1) is 12.7 Å². The molecule has 6 nitrogen and oxygen atoms in total. The molecule has 0 fully saturated rings. The lowest BCUT2D eigenvalue weighted by Crippen LogP contribution is -2.19. The number of hydrogen-bond acceptors (Lipinski definition) is 5. The summed E-state index contributed by atoms with van der Waals surface area (Å²) in [6.07, 6.45) is 2.10. The van der Waals surface area contributed by atoms with Gasteiger partial charge < -0.3 is 9.57 Å². The second-order valence-corrected chi connectivity index (χ2v) is 8.46. The molecule has 0 N–H and O–H groups in total. The Morgan fingerprint density at radius 1 is 1.30 bits per heavy atom. The van der Waals surface area contributed by atoms with Gasteiger partial charge in [-0.05, 0) is 24.6 Å². The van der Waals surface area contributed by atoms with Crippen molar-refractivity contribution in [2.45, 2.75) is 52.5 Å². The molecule has 148 valence electrons. The van der Waals surface area contributed by atoms with Crippen LogP contribution in [0.2, 0.25) is 5.02 Å². The van der Waals surface area contributed by atoms with Gasteiger partial charge >= 0.3 is 0 Å². The van der Waals surface area contributed by atoms with Gasteiger partial charge in [0.1, 0.15) is 17.9 Å². The zero-order valence-electron chi connectivity index (χ0n) is 16.7. The summed E-state index contributed by atoms with van der Waals surface area (Å²) in [6, 6.07) is 5.32. The number of nitrogens with zero attached hydrogens (tertiary/aromatic N) is 4. The molecule has 0 saturated heterocycles. The van der Waals surface area contributed by atoms with Crippen LogP contribution in [0.4, 0.5) is 0 Å². The lowest BCUT2D eigenvalue weighted by Gasteiger charge is -2.12. The number of halogens is 1. The second kappa shape index (κ2) is 9.37. The maximum absolute atomic E-state index is 6.18. The highest BCUT2D eigenvalue weighted by molar-refractivity contribution is 7.09. The zero-order valence-corrected chi connectivity index (χ0v) is 18.3. The first kappa shape index (κ1) is 21.4. The van der Waals surface area contributed by atoms with Crippen LogP contribution in [0.5, 0.6) is 5.75 Å². The lowest BCUT2D eigenvalue weighted by atomic mass is 9.98. The minimum Gasteiger partial charge on any atom is -0.496 e. The summed E-state index contributed by atoms with van der Waals surface area (Å²) in [5, 5.41) is 10.5. The molecule has 0 aliphatic rings. The van der Waals surface area contributed by atoms with E-state index in [4.69, 9.17) is 31.3 Å². The fraction of sp³-hybridized carbons (Fsp3) is 0.526. The predicted molar refractivity (Wildman–Crippen MR) is 111 cm³/mol. The van der Waals surface area contributed by atoms with Crippen molar-refractivity contribution in [3.63, 3.8) is 0 Å². The molecule has 0 bridgehead atoms. The van der Waals surface area contributed by atoms with Crippen molar-refractivity contribution < 1.29 is 9.57 Å². The monoisotopic (exact) mass is 410 g/mol.